The highest BCUT2D eigenvalue weighted by molar-refractivity contribution is 5.81. The zero-order valence-corrected chi connectivity index (χ0v) is 14.1. The van der Waals surface area contributed by atoms with E-state index in [-0.39, 0.29) is 25.1 Å². The molecule has 2 N–H and O–H groups in total. The van der Waals surface area contributed by atoms with Gasteiger partial charge in [-0.3, -0.25) is 4.79 Å². The van der Waals surface area contributed by atoms with Gasteiger partial charge in [-0.05, 0) is 56.1 Å². The largest absolute Gasteiger partial charge is 0.388 e. The number of aromatic nitrogens is 2. The zero-order valence-electron chi connectivity index (χ0n) is 14.1. The molecule has 2 aliphatic rings. The molecule has 5 heteroatoms. The maximum atomic E-state index is 12.6. The third-order valence-electron chi connectivity index (χ3n) is 6.00. The van der Waals surface area contributed by atoms with Crippen molar-refractivity contribution < 1.29 is 9.90 Å². The van der Waals surface area contributed by atoms with Crippen LogP contribution >= 0.6 is 0 Å². The normalized spacial score (nSPS) is 26.8. The maximum absolute atomic E-state index is 12.6. The lowest BCUT2D eigenvalue weighted by molar-refractivity contribution is -0.122. The minimum atomic E-state index is -0.163. The second-order valence-corrected chi connectivity index (χ2v) is 7.46. The SMILES string of the molecule is CC(NC(=O)Cn1c(CO)nc2ccccc21)C1CC2CCC1C2. The molecule has 2 bridgehead atoms. The quantitative estimate of drug-likeness (QED) is 0.886. The van der Waals surface area contributed by atoms with E-state index in [1.807, 2.05) is 28.8 Å². The molecule has 0 saturated heterocycles. The van der Waals surface area contributed by atoms with Crippen molar-refractivity contribution in [1.29, 1.82) is 0 Å². The first-order valence-corrected chi connectivity index (χ1v) is 9.00. The summed E-state index contributed by atoms with van der Waals surface area (Å²) < 4.78 is 1.82. The molecule has 4 atom stereocenters. The molecule has 0 radical (unpaired) electrons. The molecule has 2 aliphatic carbocycles. The van der Waals surface area contributed by atoms with E-state index in [4.69, 9.17) is 0 Å². The van der Waals surface area contributed by atoms with Crippen LogP contribution in [0, 0.1) is 17.8 Å². The third-order valence-corrected chi connectivity index (χ3v) is 6.00. The number of aliphatic hydroxyl groups is 1. The van der Waals surface area contributed by atoms with Gasteiger partial charge in [-0.1, -0.05) is 18.6 Å². The van der Waals surface area contributed by atoms with E-state index >= 15 is 0 Å². The Morgan fingerprint density at radius 1 is 1.38 bits per heavy atom. The maximum Gasteiger partial charge on any atom is 0.240 e. The lowest BCUT2D eigenvalue weighted by Crippen LogP contribution is -2.41. The van der Waals surface area contributed by atoms with E-state index in [2.05, 4.69) is 17.2 Å². The van der Waals surface area contributed by atoms with E-state index < -0.39 is 0 Å². The number of nitrogens with one attached hydrogen (secondary N) is 1. The Morgan fingerprint density at radius 3 is 2.92 bits per heavy atom. The smallest absolute Gasteiger partial charge is 0.240 e. The van der Waals surface area contributed by atoms with Crippen LogP contribution in [0.4, 0.5) is 0 Å². The third kappa shape index (κ3) is 2.71. The highest BCUT2D eigenvalue weighted by Gasteiger charge is 2.42. The standard InChI is InChI=1S/C19H25N3O2/c1-12(15-9-13-6-7-14(15)8-13)20-19(24)10-22-17-5-3-2-4-16(17)21-18(22)11-23/h2-5,12-15,23H,6-11H2,1H3,(H,20,24). The van der Waals surface area contributed by atoms with E-state index in [1.165, 1.54) is 25.7 Å². The first-order valence-electron chi connectivity index (χ1n) is 9.00. The van der Waals surface area contributed by atoms with Crippen LogP contribution in [0.25, 0.3) is 11.0 Å². The van der Waals surface area contributed by atoms with Crippen molar-refractivity contribution in [1.82, 2.24) is 14.9 Å². The van der Waals surface area contributed by atoms with Crippen LogP contribution in [-0.4, -0.2) is 26.6 Å². The number of hydrogen-bond acceptors (Lipinski definition) is 3. The van der Waals surface area contributed by atoms with E-state index in [0.717, 1.165) is 22.9 Å². The predicted octanol–water partition coefficient (Wildman–Crippen LogP) is 2.47. The van der Waals surface area contributed by atoms with Crippen molar-refractivity contribution in [3.05, 3.63) is 30.1 Å². The minimum Gasteiger partial charge on any atom is -0.388 e. The average Bonchev–Trinajstić information content (AvgIpc) is 3.29. The molecular weight excluding hydrogens is 302 g/mol. The molecule has 1 heterocycles. The molecule has 4 unspecified atom stereocenters. The van der Waals surface area contributed by atoms with Gasteiger partial charge in [-0.2, -0.15) is 0 Å². The number of carbonyl (C=O) groups excluding carboxylic acids is 1. The second-order valence-electron chi connectivity index (χ2n) is 7.46. The van der Waals surface area contributed by atoms with Crippen LogP contribution in [-0.2, 0) is 17.9 Å². The summed E-state index contributed by atoms with van der Waals surface area (Å²) in [5.41, 5.74) is 1.71. The number of imidazole rings is 1. The zero-order chi connectivity index (χ0) is 16.7. The molecule has 128 valence electrons. The Bertz CT molecular complexity index is 754. The Labute approximate surface area is 142 Å². The lowest BCUT2D eigenvalue weighted by atomic mass is 9.84. The van der Waals surface area contributed by atoms with E-state index in [1.54, 1.807) is 0 Å². The summed E-state index contributed by atoms with van der Waals surface area (Å²) in [7, 11) is 0. The van der Waals surface area contributed by atoms with Gasteiger partial charge >= 0.3 is 0 Å². The molecule has 24 heavy (non-hydrogen) atoms. The highest BCUT2D eigenvalue weighted by atomic mass is 16.3. The predicted molar refractivity (Wildman–Crippen MR) is 92.2 cm³/mol. The van der Waals surface area contributed by atoms with Crippen molar-refractivity contribution in [3.8, 4) is 0 Å². The second kappa shape index (κ2) is 6.20. The van der Waals surface area contributed by atoms with Gasteiger partial charge in [0.1, 0.15) is 19.0 Å². The van der Waals surface area contributed by atoms with Gasteiger partial charge in [-0.15, -0.1) is 0 Å². The molecule has 0 aliphatic heterocycles. The van der Waals surface area contributed by atoms with Gasteiger partial charge in [0, 0.05) is 6.04 Å². The van der Waals surface area contributed by atoms with E-state index in [9.17, 15) is 9.90 Å². The number of carbonyl (C=O) groups is 1. The van der Waals surface area contributed by atoms with Gasteiger partial charge in [-0.25, -0.2) is 4.98 Å². The van der Waals surface area contributed by atoms with Crippen LogP contribution < -0.4 is 5.32 Å². The average molecular weight is 327 g/mol. The van der Waals surface area contributed by atoms with Crippen molar-refractivity contribution >= 4 is 16.9 Å². The molecule has 2 aromatic rings. The number of aliphatic hydroxyl groups excluding tert-OH is 1. The van der Waals surface area contributed by atoms with Crippen LogP contribution in [0.3, 0.4) is 0 Å². The number of rotatable bonds is 5. The number of benzene rings is 1. The summed E-state index contributed by atoms with van der Waals surface area (Å²) in [5, 5.41) is 12.7. The van der Waals surface area contributed by atoms with Crippen LogP contribution in [0.1, 0.15) is 38.4 Å². The van der Waals surface area contributed by atoms with Crippen molar-refractivity contribution in [2.75, 3.05) is 0 Å². The molecule has 2 fully saturated rings. The fraction of sp³-hybridized carbons (Fsp3) is 0.579. The molecule has 5 nitrogen and oxygen atoms in total. The van der Waals surface area contributed by atoms with Gasteiger partial charge in [0.15, 0.2) is 0 Å². The Morgan fingerprint density at radius 2 is 2.21 bits per heavy atom. The monoisotopic (exact) mass is 327 g/mol. The number of hydrogen-bond donors (Lipinski definition) is 2. The molecule has 1 aromatic heterocycles. The Hall–Kier alpha value is -1.88. The van der Waals surface area contributed by atoms with E-state index in [0.29, 0.717) is 11.7 Å². The van der Waals surface area contributed by atoms with Crippen LogP contribution in [0.2, 0.25) is 0 Å². The van der Waals surface area contributed by atoms with Gasteiger partial charge in [0.05, 0.1) is 11.0 Å². The molecule has 4 rings (SSSR count). The first-order chi connectivity index (χ1) is 11.7. The Balaban J connectivity index is 1.46. The van der Waals surface area contributed by atoms with Gasteiger partial charge in [0.25, 0.3) is 0 Å². The summed E-state index contributed by atoms with van der Waals surface area (Å²) in [4.78, 5) is 17.0. The summed E-state index contributed by atoms with van der Waals surface area (Å²) in [5.74, 6) is 2.86. The number of nitrogens with zero attached hydrogens (tertiary/aromatic N) is 2. The minimum absolute atomic E-state index is 0.00289. The molecule has 2 saturated carbocycles. The summed E-state index contributed by atoms with van der Waals surface area (Å²) in [6, 6.07) is 7.91. The first kappa shape index (κ1) is 15.6. The van der Waals surface area contributed by atoms with Crippen LogP contribution in [0.15, 0.2) is 24.3 Å². The number of fused-ring (bicyclic) bond motifs is 3. The fourth-order valence-corrected chi connectivity index (χ4v) is 4.88. The van der Waals surface area contributed by atoms with Crippen molar-refractivity contribution in [3.63, 3.8) is 0 Å². The van der Waals surface area contributed by atoms with Crippen LogP contribution in [0.5, 0.6) is 0 Å². The van der Waals surface area contributed by atoms with Gasteiger partial charge < -0.3 is 15.0 Å². The summed E-state index contributed by atoms with van der Waals surface area (Å²) in [6.07, 6.45) is 5.33. The summed E-state index contributed by atoms with van der Waals surface area (Å²) >= 11 is 0. The molecule has 1 aromatic carbocycles. The van der Waals surface area contributed by atoms with Crippen molar-refractivity contribution in [2.45, 2.75) is 51.8 Å². The fourth-order valence-electron chi connectivity index (χ4n) is 4.88. The molecule has 1 amide bonds. The Kier molecular flexibility index (Phi) is 4.04. The number of para-hydroxylation sites is 2. The number of amides is 1. The molecular formula is C19H25N3O2. The van der Waals surface area contributed by atoms with Gasteiger partial charge in [0.2, 0.25) is 5.91 Å². The highest BCUT2D eigenvalue weighted by Crippen LogP contribution is 2.49. The molecule has 0 spiro atoms. The summed E-state index contributed by atoms with van der Waals surface area (Å²) in [6.45, 7) is 2.19. The van der Waals surface area contributed by atoms with Crippen molar-refractivity contribution in [2.24, 2.45) is 17.8 Å². The topological polar surface area (TPSA) is 67.2 Å². The lowest BCUT2D eigenvalue weighted by Gasteiger charge is -2.28.